The van der Waals surface area contributed by atoms with Crippen molar-refractivity contribution in [1.82, 2.24) is 5.06 Å². The van der Waals surface area contributed by atoms with Crippen molar-refractivity contribution in [3.05, 3.63) is 70.8 Å². The van der Waals surface area contributed by atoms with E-state index < -0.39 is 12.0 Å². The van der Waals surface area contributed by atoms with E-state index in [1.165, 1.54) is 30.4 Å². The van der Waals surface area contributed by atoms with Crippen LogP contribution in [-0.4, -0.2) is 22.2 Å². The molecular formula is C27H33NO3. The molecule has 31 heavy (non-hydrogen) atoms. The average Bonchev–Trinajstić information content (AvgIpc) is 3.26. The lowest BCUT2D eigenvalue weighted by Crippen LogP contribution is -2.45. The summed E-state index contributed by atoms with van der Waals surface area (Å²) in [6.45, 7) is 8.16. The van der Waals surface area contributed by atoms with Crippen LogP contribution in [0.4, 0.5) is 0 Å². The van der Waals surface area contributed by atoms with Gasteiger partial charge in [-0.05, 0) is 52.3 Å². The molecule has 4 heteroatoms. The maximum atomic E-state index is 12.0. The normalized spacial score (nSPS) is 31.5. The molecule has 0 saturated heterocycles. The zero-order chi connectivity index (χ0) is 21.8. The number of aliphatic carboxylic acids is 1. The van der Waals surface area contributed by atoms with E-state index in [4.69, 9.17) is 4.84 Å². The Labute approximate surface area is 185 Å². The van der Waals surface area contributed by atoms with Crippen LogP contribution in [-0.2, 0) is 34.6 Å². The lowest BCUT2D eigenvalue weighted by atomic mass is 9.74. The number of carboxylic acids is 1. The standard InChI is InChI=1S/C27H33NO3/c1-18-12-13-24-26(2,3)27(24,15-18)22-11-7-6-10-21(22)17-31-28-16-20-9-5-4-8-19(20)14-23(28)25(29)30/h4-11,18,23-24H,12-17H2,1-3H3,(H,29,30). The maximum Gasteiger partial charge on any atom is 0.323 e. The van der Waals surface area contributed by atoms with Gasteiger partial charge in [0.1, 0.15) is 6.04 Å². The van der Waals surface area contributed by atoms with E-state index in [2.05, 4.69) is 51.1 Å². The highest BCUT2D eigenvalue weighted by atomic mass is 16.7. The molecular weight excluding hydrogens is 386 g/mol. The first-order chi connectivity index (χ1) is 14.8. The zero-order valence-electron chi connectivity index (χ0n) is 18.8. The van der Waals surface area contributed by atoms with Gasteiger partial charge in [-0.2, -0.15) is 5.06 Å². The minimum atomic E-state index is -0.828. The Bertz CT molecular complexity index is 999. The lowest BCUT2D eigenvalue weighted by Gasteiger charge is -2.34. The van der Waals surface area contributed by atoms with Crippen LogP contribution in [0, 0.1) is 17.3 Å². The summed E-state index contributed by atoms with van der Waals surface area (Å²) in [5.41, 5.74) is 5.41. The van der Waals surface area contributed by atoms with Gasteiger partial charge >= 0.3 is 5.97 Å². The second-order valence-corrected chi connectivity index (χ2v) is 10.5. The first kappa shape index (κ1) is 20.7. The quantitative estimate of drug-likeness (QED) is 0.710. The van der Waals surface area contributed by atoms with Gasteiger partial charge in [-0.1, -0.05) is 75.7 Å². The number of nitrogens with zero attached hydrogens (tertiary/aromatic N) is 1. The van der Waals surface area contributed by atoms with Crippen molar-refractivity contribution in [2.24, 2.45) is 17.3 Å². The predicted octanol–water partition coefficient (Wildman–Crippen LogP) is 5.34. The third kappa shape index (κ3) is 3.23. The fraction of sp³-hybridized carbons (Fsp3) is 0.519. The van der Waals surface area contributed by atoms with Gasteiger partial charge in [-0.3, -0.25) is 9.63 Å². The third-order valence-electron chi connectivity index (χ3n) is 8.53. The number of hydrogen-bond acceptors (Lipinski definition) is 3. The number of carbonyl (C=O) groups is 1. The van der Waals surface area contributed by atoms with Crippen LogP contribution in [0.2, 0.25) is 0 Å². The summed E-state index contributed by atoms with van der Waals surface area (Å²) < 4.78 is 0. The predicted molar refractivity (Wildman–Crippen MR) is 120 cm³/mol. The fourth-order valence-corrected chi connectivity index (χ4v) is 6.81. The van der Waals surface area contributed by atoms with E-state index in [1.807, 2.05) is 18.2 Å². The number of fused-ring (bicyclic) bond motifs is 2. The van der Waals surface area contributed by atoms with Crippen LogP contribution in [0.3, 0.4) is 0 Å². The smallest absolute Gasteiger partial charge is 0.323 e. The summed E-state index contributed by atoms with van der Waals surface area (Å²) in [6, 6.07) is 16.1. The molecule has 0 amide bonds. The Kier molecular flexibility index (Phi) is 4.98. The van der Waals surface area contributed by atoms with Crippen molar-refractivity contribution < 1.29 is 14.7 Å². The van der Waals surface area contributed by atoms with E-state index in [9.17, 15) is 9.90 Å². The first-order valence-electron chi connectivity index (χ1n) is 11.6. The second-order valence-electron chi connectivity index (χ2n) is 10.5. The highest BCUT2D eigenvalue weighted by Gasteiger charge is 2.72. The van der Waals surface area contributed by atoms with E-state index >= 15 is 0 Å². The van der Waals surface area contributed by atoms with Gasteiger partial charge in [0.2, 0.25) is 0 Å². The van der Waals surface area contributed by atoms with Crippen LogP contribution in [0.5, 0.6) is 0 Å². The molecule has 2 fully saturated rings. The monoisotopic (exact) mass is 419 g/mol. The Morgan fingerprint density at radius 1 is 1.10 bits per heavy atom. The van der Waals surface area contributed by atoms with Crippen molar-refractivity contribution >= 4 is 5.97 Å². The van der Waals surface area contributed by atoms with E-state index in [-0.39, 0.29) is 5.41 Å². The molecule has 0 radical (unpaired) electrons. The topological polar surface area (TPSA) is 49.8 Å². The maximum absolute atomic E-state index is 12.0. The molecule has 2 aromatic carbocycles. The molecule has 2 aromatic rings. The highest BCUT2D eigenvalue weighted by Crippen LogP contribution is 2.76. The summed E-state index contributed by atoms with van der Waals surface area (Å²) in [4.78, 5) is 18.2. The zero-order valence-corrected chi connectivity index (χ0v) is 18.8. The third-order valence-corrected chi connectivity index (χ3v) is 8.53. The molecule has 2 saturated carbocycles. The van der Waals surface area contributed by atoms with Crippen molar-refractivity contribution in [1.29, 1.82) is 0 Å². The molecule has 0 aromatic heterocycles. The summed E-state index contributed by atoms with van der Waals surface area (Å²) in [5.74, 6) is 0.638. The van der Waals surface area contributed by atoms with Gasteiger partial charge < -0.3 is 5.11 Å². The summed E-state index contributed by atoms with van der Waals surface area (Å²) in [7, 11) is 0. The minimum absolute atomic E-state index is 0.227. The lowest BCUT2D eigenvalue weighted by molar-refractivity contribution is -0.215. The fourth-order valence-electron chi connectivity index (χ4n) is 6.81. The van der Waals surface area contributed by atoms with E-state index in [0.29, 0.717) is 25.0 Å². The molecule has 3 aliphatic rings. The molecule has 5 rings (SSSR count). The molecule has 1 N–H and O–H groups in total. The summed E-state index contributed by atoms with van der Waals surface area (Å²) in [6.07, 6.45) is 4.33. The molecule has 0 bridgehead atoms. The highest BCUT2D eigenvalue weighted by molar-refractivity contribution is 5.74. The van der Waals surface area contributed by atoms with Crippen LogP contribution in [0.15, 0.2) is 48.5 Å². The molecule has 1 heterocycles. The van der Waals surface area contributed by atoms with Gasteiger partial charge in [0.15, 0.2) is 0 Å². The van der Waals surface area contributed by atoms with E-state index in [1.54, 1.807) is 5.06 Å². The number of hydrogen-bond donors (Lipinski definition) is 1. The van der Waals surface area contributed by atoms with Crippen molar-refractivity contribution in [2.45, 2.75) is 71.1 Å². The van der Waals surface area contributed by atoms with Gasteiger partial charge in [0.25, 0.3) is 0 Å². The first-order valence-corrected chi connectivity index (χ1v) is 11.6. The number of benzene rings is 2. The van der Waals surface area contributed by atoms with Crippen LogP contribution >= 0.6 is 0 Å². The summed E-state index contributed by atoms with van der Waals surface area (Å²) in [5, 5.41) is 11.5. The molecule has 4 nitrogen and oxygen atoms in total. The molecule has 2 aliphatic carbocycles. The second kappa shape index (κ2) is 7.46. The van der Waals surface area contributed by atoms with Crippen LogP contribution in [0.25, 0.3) is 0 Å². The van der Waals surface area contributed by atoms with Crippen molar-refractivity contribution in [3.8, 4) is 0 Å². The number of hydroxylamine groups is 2. The Hall–Kier alpha value is -2.17. The van der Waals surface area contributed by atoms with Gasteiger partial charge in [-0.15, -0.1) is 0 Å². The van der Waals surface area contributed by atoms with Crippen molar-refractivity contribution in [3.63, 3.8) is 0 Å². The number of carboxylic acid groups (broad SMARTS) is 1. The van der Waals surface area contributed by atoms with E-state index in [0.717, 1.165) is 23.0 Å². The Balaban J connectivity index is 1.40. The Morgan fingerprint density at radius 2 is 1.81 bits per heavy atom. The molecule has 4 unspecified atom stereocenters. The van der Waals surface area contributed by atoms with Gasteiger partial charge in [0, 0.05) is 11.8 Å². The van der Waals surface area contributed by atoms with Crippen LogP contribution < -0.4 is 0 Å². The Morgan fingerprint density at radius 3 is 2.58 bits per heavy atom. The SMILES string of the molecule is CC1CCC2C(C)(C)C2(c2ccccc2CON2Cc3ccccc3CC2C(=O)O)C1. The van der Waals surface area contributed by atoms with Gasteiger partial charge in [-0.25, -0.2) is 0 Å². The number of rotatable bonds is 5. The molecule has 4 atom stereocenters. The largest absolute Gasteiger partial charge is 0.480 e. The van der Waals surface area contributed by atoms with Crippen molar-refractivity contribution in [2.75, 3.05) is 0 Å². The molecule has 0 spiro atoms. The summed E-state index contributed by atoms with van der Waals surface area (Å²) >= 11 is 0. The molecule has 164 valence electrons. The van der Waals surface area contributed by atoms with Crippen LogP contribution in [0.1, 0.15) is 62.3 Å². The minimum Gasteiger partial charge on any atom is -0.480 e. The molecule has 1 aliphatic heterocycles. The average molecular weight is 420 g/mol. The van der Waals surface area contributed by atoms with Gasteiger partial charge in [0.05, 0.1) is 13.2 Å².